The molecule has 0 rings (SSSR count). The van der Waals surface area contributed by atoms with Gasteiger partial charge in [-0.3, -0.25) is 0 Å². The maximum absolute atomic E-state index is 8.56. The smallest absolute Gasteiger partial charge is 0.151 e. The molecule has 0 spiro atoms. The van der Waals surface area contributed by atoms with Gasteiger partial charge >= 0.3 is 0 Å². The largest absolute Gasteiger partial charge is 0.405 e. The van der Waals surface area contributed by atoms with E-state index in [0.29, 0.717) is 6.42 Å². The van der Waals surface area contributed by atoms with E-state index in [4.69, 9.17) is 15.9 Å². The molecule has 13 heavy (non-hydrogen) atoms. The Morgan fingerprint density at radius 2 is 1.62 bits per heavy atom. The summed E-state index contributed by atoms with van der Waals surface area (Å²) in [6.07, 6.45) is 9.53. The molecule has 0 aromatic rings. The van der Waals surface area contributed by atoms with Gasteiger partial charge in [0.25, 0.3) is 0 Å². The standard InChI is InChI=1S/C10H21NO2/c11-9-7-5-3-1-2-4-6-8-10(12)13/h7,9-10,12-13H,1-6,8,11H2/b9-7-. The average Bonchev–Trinajstić information content (AvgIpc) is 2.09. The zero-order chi connectivity index (χ0) is 9.94. The summed E-state index contributed by atoms with van der Waals surface area (Å²) in [5.74, 6) is 0. The van der Waals surface area contributed by atoms with E-state index in [0.717, 1.165) is 19.3 Å². The van der Waals surface area contributed by atoms with E-state index in [1.807, 2.05) is 6.08 Å². The Kier molecular flexibility index (Phi) is 9.15. The highest BCUT2D eigenvalue weighted by Gasteiger charge is 1.96. The Balaban J connectivity index is 2.91. The first-order valence-electron chi connectivity index (χ1n) is 5.00. The third-order valence-electron chi connectivity index (χ3n) is 1.97. The van der Waals surface area contributed by atoms with Gasteiger partial charge in [0, 0.05) is 0 Å². The van der Waals surface area contributed by atoms with Crippen molar-refractivity contribution in [2.45, 2.75) is 51.2 Å². The lowest BCUT2D eigenvalue weighted by atomic mass is 10.1. The summed E-state index contributed by atoms with van der Waals surface area (Å²) in [6.45, 7) is 0. The van der Waals surface area contributed by atoms with Crippen molar-refractivity contribution >= 4 is 0 Å². The molecule has 0 saturated carbocycles. The third kappa shape index (κ3) is 11.5. The van der Waals surface area contributed by atoms with Crippen LogP contribution in [-0.4, -0.2) is 16.5 Å². The highest BCUT2D eigenvalue weighted by Crippen LogP contribution is 2.08. The molecule has 0 aromatic carbocycles. The Morgan fingerprint density at radius 3 is 2.23 bits per heavy atom. The molecule has 0 amide bonds. The summed E-state index contributed by atoms with van der Waals surface area (Å²) in [5, 5.41) is 17.1. The second-order valence-electron chi connectivity index (χ2n) is 3.25. The molecule has 0 radical (unpaired) electrons. The lowest BCUT2D eigenvalue weighted by Crippen LogP contribution is -2.02. The van der Waals surface area contributed by atoms with Gasteiger partial charge in [0.1, 0.15) is 0 Å². The molecule has 0 fully saturated rings. The maximum Gasteiger partial charge on any atom is 0.151 e. The number of aliphatic hydroxyl groups excluding tert-OH is 1. The molecule has 0 unspecified atom stereocenters. The van der Waals surface area contributed by atoms with Crippen molar-refractivity contribution in [1.82, 2.24) is 0 Å². The Morgan fingerprint density at radius 1 is 1.00 bits per heavy atom. The van der Waals surface area contributed by atoms with Crippen LogP contribution in [0, 0.1) is 0 Å². The van der Waals surface area contributed by atoms with Gasteiger partial charge in [0.2, 0.25) is 0 Å². The lowest BCUT2D eigenvalue weighted by Gasteiger charge is -2.02. The summed E-state index contributed by atoms with van der Waals surface area (Å²) >= 11 is 0. The molecule has 0 aliphatic heterocycles. The van der Waals surface area contributed by atoms with Gasteiger partial charge in [0.15, 0.2) is 6.29 Å². The summed E-state index contributed by atoms with van der Waals surface area (Å²) < 4.78 is 0. The van der Waals surface area contributed by atoms with E-state index in [-0.39, 0.29) is 0 Å². The van der Waals surface area contributed by atoms with Crippen molar-refractivity contribution in [2.75, 3.05) is 0 Å². The van der Waals surface area contributed by atoms with Crippen molar-refractivity contribution in [3.05, 3.63) is 12.3 Å². The van der Waals surface area contributed by atoms with Crippen LogP contribution in [-0.2, 0) is 0 Å². The van der Waals surface area contributed by atoms with Crippen molar-refractivity contribution in [3.8, 4) is 0 Å². The first kappa shape index (κ1) is 12.5. The van der Waals surface area contributed by atoms with E-state index in [1.165, 1.54) is 19.3 Å². The minimum absolute atomic E-state index is 0.503. The highest BCUT2D eigenvalue weighted by molar-refractivity contribution is 4.74. The third-order valence-corrected chi connectivity index (χ3v) is 1.97. The second-order valence-corrected chi connectivity index (χ2v) is 3.25. The zero-order valence-electron chi connectivity index (χ0n) is 8.15. The molecule has 0 heterocycles. The normalized spacial score (nSPS) is 11.6. The van der Waals surface area contributed by atoms with Gasteiger partial charge in [-0.15, -0.1) is 0 Å². The van der Waals surface area contributed by atoms with Crippen LogP contribution < -0.4 is 5.73 Å². The predicted molar refractivity (Wildman–Crippen MR) is 53.9 cm³/mol. The number of hydrogen-bond donors (Lipinski definition) is 3. The molecular weight excluding hydrogens is 166 g/mol. The summed E-state index contributed by atoms with van der Waals surface area (Å²) in [6, 6.07) is 0. The van der Waals surface area contributed by atoms with Gasteiger partial charge in [-0.05, 0) is 31.9 Å². The Hall–Kier alpha value is -0.540. The SMILES string of the molecule is N/C=C\CCCCCCCC(O)O. The quantitative estimate of drug-likeness (QED) is 0.398. The molecule has 78 valence electrons. The van der Waals surface area contributed by atoms with Gasteiger partial charge in [-0.1, -0.05) is 25.3 Å². The topological polar surface area (TPSA) is 66.5 Å². The molecule has 0 aliphatic rings. The van der Waals surface area contributed by atoms with E-state index >= 15 is 0 Å². The van der Waals surface area contributed by atoms with E-state index < -0.39 is 6.29 Å². The number of rotatable bonds is 8. The first-order valence-corrected chi connectivity index (χ1v) is 5.00. The van der Waals surface area contributed by atoms with Crippen molar-refractivity contribution < 1.29 is 10.2 Å². The number of aliphatic hydroxyl groups is 2. The summed E-state index contributed by atoms with van der Waals surface area (Å²) in [4.78, 5) is 0. The fraction of sp³-hybridized carbons (Fsp3) is 0.800. The van der Waals surface area contributed by atoms with Crippen LogP contribution in [0.15, 0.2) is 12.3 Å². The minimum Gasteiger partial charge on any atom is -0.405 e. The summed E-state index contributed by atoms with van der Waals surface area (Å²) in [5.41, 5.74) is 5.19. The molecule has 0 aliphatic carbocycles. The van der Waals surface area contributed by atoms with E-state index in [2.05, 4.69) is 0 Å². The van der Waals surface area contributed by atoms with Crippen molar-refractivity contribution in [3.63, 3.8) is 0 Å². The van der Waals surface area contributed by atoms with Crippen LogP contribution in [0.25, 0.3) is 0 Å². The van der Waals surface area contributed by atoms with Gasteiger partial charge in [-0.25, -0.2) is 0 Å². The number of allylic oxidation sites excluding steroid dienone is 1. The molecule has 0 aromatic heterocycles. The molecule has 0 bridgehead atoms. The zero-order valence-corrected chi connectivity index (χ0v) is 8.15. The molecular formula is C10H21NO2. The van der Waals surface area contributed by atoms with Crippen LogP contribution in [0.1, 0.15) is 44.9 Å². The fourth-order valence-electron chi connectivity index (χ4n) is 1.22. The minimum atomic E-state index is -1.12. The van der Waals surface area contributed by atoms with Crippen LogP contribution >= 0.6 is 0 Å². The highest BCUT2D eigenvalue weighted by atomic mass is 16.5. The number of unbranched alkanes of at least 4 members (excludes halogenated alkanes) is 5. The molecule has 0 atom stereocenters. The molecule has 3 nitrogen and oxygen atoms in total. The average molecular weight is 187 g/mol. The maximum atomic E-state index is 8.56. The van der Waals surface area contributed by atoms with Crippen LogP contribution in [0.5, 0.6) is 0 Å². The molecule has 0 saturated heterocycles. The van der Waals surface area contributed by atoms with Gasteiger partial charge in [-0.2, -0.15) is 0 Å². The van der Waals surface area contributed by atoms with Crippen molar-refractivity contribution in [1.29, 1.82) is 0 Å². The Labute approximate surface area is 80.3 Å². The monoisotopic (exact) mass is 187 g/mol. The van der Waals surface area contributed by atoms with E-state index in [1.54, 1.807) is 6.20 Å². The summed E-state index contributed by atoms with van der Waals surface area (Å²) in [7, 11) is 0. The van der Waals surface area contributed by atoms with Crippen LogP contribution in [0.3, 0.4) is 0 Å². The van der Waals surface area contributed by atoms with E-state index in [9.17, 15) is 0 Å². The predicted octanol–water partition coefficient (Wildman–Crippen LogP) is 1.50. The van der Waals surface area contributed by atoms with Crippen LogP contribution in [0.4, 0.5) is 0 Å². The fourth-order valence-corrected chi connectivity index (χ4v) is 1.22. The first-order chi connectivity index (χ1) is 6.27. The number of nitrogens with two attached hydrogens (primary N) is 1. The van der Waals surface area contributed by atoms with Gasteiger partial charge in [0.05, 0.1) is 0 Å². The van der Waals surface area contributed by atoms with Crippen LogP contribution in [0.2, 0.25) is 0 Å². The Bertz CT molecular complexity index is 124. The second kappa shape index (κ2) is 9.55. The lowest BCUT2D eigenvalue weighted by molar-refractivity contribution is -0.0466. The molecule has 4 N–H and O–H groups in total. The molecule has 3 heteroatoms. The van der Waals surface area contributed by atoms with Crippen molar-refractivity contribution in [2.24, 2.45) is 5.73 Å². The van der Waals surface area contributed by atoms with Gasteiger partial charge < -0.3 is 15.9 Å². The number of hydrogen-bond acceptors (Lipinski definition) is 3.